The van der Waals surface area contributed by atoms with E-state index in [1.807, 2.05) is 18.3 Å². The normalized spacial score (nSPS) is 16.9. The third kappa shape index (κ3) is 2.17. The van der Waals surface area contributed by atoms with Crippen molar-refractivity contribution in [3.63, 3.8) is 0 Å². The molecule has 17 heavy (non-hydrogen) atoms. The number of rotatable bonds is 3. The van der Waals surface area contributed by atoms with Gasteiger partial charge in [0.15, 0.2) is 0 Å². The van der Waals surface area contributed by atoms with Crippen LogP contribution in [0.15, 0.2) is 24.4 Å². The average molecular weight is 229 g/mol. The molecule has 2 N–H and O–H groups in total. The van der Waals surface area contributed by atoms with E-state index < -0.39 is 0 Å². The Bertz CT molecular complexity index is 509. The third-order valence-corrected chi connectivity index (χ3v) is 4.02. The summed E-state index contributed by atoms with van der Waals surface area (Å²) in [7, 11) is 0. The molecule has 1 aromatic carbocycles. The zero-order chi connectivity index (χ0) is 11.7. The third-order valence-electron chi connectivity index (χ3n) is 4.02. The van der Waals surface area contributed by atoms with Crippen LogP contribution in [0.3, 0.4) is 0 Å². The van der Waals surface area contributed by atoms with Crippen LogP contribution >= 0.6 is 0 Å². The molecule has 1 saturated carbocycles. The lowest BCUT2D eigenvalue weighted by molar-refractivity contribution is 0.478. The molecule has 1 aromatic heterocycles. The van der Waals surface area contributed by atoms with Gasteiger partial charge in [-0.05, 0) is 42.5 Å². The molecule has 0 unspecified atom stereocenters. The van der Waals surface area contributed by atoms with Crippen LogP contribution in [0.25, 0.3) is 10.9 Å². The molecule has 1 fully saturated rings. The summed E-state index contributed by atoms with van der Waals surface area (Å²) in [6.07, 6.45) is 9.86. The van der Waals surface area contributed by atoms with E-state index in [1.54, 1.807) is 0 Å². The summed E-state index contributed by atoms with van der Waals surface area (Å²) in [5.74, 6) is 1.32. The molecular weight excluding hydrogens is 210 g/mol. The molecule has 0 saturated heterocycles. The number of phenolic OH excluding ortho intramolecular Hbond substituents is 1. The Morgan fingerprint density at radius 1 is 1.24 bits per heavy atom. The fourth-order valence-electron chi connectivity index (χ4n) is 3.02. The van der Waals surface area contributed by atoms with Gasteiger partial charge in [-0.2, -0.15) is 0 Å². The molecule has 1 aliphatic carbocycles. The van der Waals surface area contributed by atoms with Gasteiger partial charge in [0.25, 0.3) is 0 Å². The van der Waals surface area contributed by atoms with E-state index in [0.717, 1.165) is 23.2 Å². The average Bonchev–Trinajstić information content (AvgIpc) is 2.97. The number of benzene rings is 1. The van der Waals surface area contributed by atoms with E-state index >= 15 is 0 Å². The molecule has 3 rings (SSSR count). The summed E-state index contributed by atoms with van der Waals surface area (Å²) in [4.78, 5) is 3.17. The van der Waals surface area contributed by atoms with Crippen molar-refractivity contribution in [2.75, 3.05) is 0 Å². The molecule has 0 bridgehead atoms. The van der Waals surface area contributed by atoms with Crippen LogP contribution in [0, 0.1) is 5.92 Å². The van der Waals surface area contributed by atoms with E-state index in [-0.39, 0.29) is 0 Å². The lowest BCUT2D eigenvalue weighted by Crippen LogP contribution is -1.96. The van der Waals surface area contributed by atoms with Crippen molar-refractivity contribution < 1.29 is 5.11 Å². The number of hydrogen-bond donors (Lipinski definition) is 2. The molecular formula is C15H19NO. The van der Waals surface area contributed by atoms with Crippen LogP contribution in [0.2, 0.25) is 0 Å². The number of aromatic nitrogens is 1. The zero-order valence-electron chi connectivity index (χ0n) is 10.1. The summed E-state index contributed by atoms with van der Waals surface area (Å²) in [5.41, 5.74) is 2.30. The fraction of sp³-hybridized carbons (Fsp3) is 0.467. The number of H-pyrrole nitrogens is 1. The number of hydrogen-bond acceptors (Lipinski definition) is 1. The summed E-state index contributed by atoms with van der Waals surface area (Å²) < 4.78 is 0. The molecule has 90 valence electrons. The molecule has 2 nitrogen and oxygen atoms in total. The number of phenols is 1. The molecule has 0 atom stereocenters. The molecule has 0 amide bonds. The number of fused-ring (bicyclic) bond motifs is 1. The highest BCUT2D eigenvalue weighted by Gasteiger charge is 2.15. The van der Waals surface area contributed by atoms with Crippen molar-refractivity contribution in [2.24, 2.45) is 5.92 Å². The summed E-state index contributed by atoms with van der Waals surface area (Å²) in [5, 5.41) is 10.8. The van der Waals surface area contributed by atoms with Crippen LogP contribution in [0.4, 0.5) is 0 Å². The van der Waals surface area contributed by atoms with Gasteiger partial charge in [-0.25, -0.2) is 0 Å². The van der Waals surface area contributed by atoms with Gasteiger partial charge in [0, 0.05) is 17.1 Å². The molecule has 2 aromatic rings. The Morgan fingerprint density at radius 3 is 2.88 bits per heavy atom. The Balaban J connectivity index is 1.75. The van der Waals surface area contributed by atoms with Crippen molar-refractivity contribution in [1.82, 2.24) is 4.98 Å². The highest BCUT2D eigenvalue weighted by atomic mass is 16.3. The van der Waals surface area contributed by atoms with Gasteiger partial charge in [0.1, 0.15) is 5.75 Å². The predicted molar refractivity (Wildman–Crippen MR) is 70.2 cm³/mol. The Morgan fingerprint density at radius 2 is 2.06 bits per heavy atom. The highest BCUT2D eigenvalue weighted by molar-refractivity contribution is 5.86. The van der Waals surface area contributed by atoms with Crippen molar-refractivity contribution in [3.8, 4) is 5.75 Å². The molecule has 0 radical (unpaired) electrons. The van der Waals surface area contributed by atoms with Gasteiger partial charge in [0.2, 0.25) is 0 Å². The second-order valence-corrected chi connectivity index (χ2v) is 5.24. The lowest BCUT2D eigenvalue weighted by Gasteiger charge is -2.09. The largest absolute Gasteiger partial charge is 0.507 e. The first-order chi connectivity index (χ1) is 8.33. The van der Waals surface area contributed by atoms with E-state index in [9.17, 15) is 5.11 Å². The minimum atomic E-state index is 0.408. The molecule has 1 aliphatic rings. The van der Waals surface area contributed by atoms with Gasteiger partial charge in [-0.3, -0.25) is 0 Å². The molecule has 2 heteroatoms. The summed E-state index contributed by atoms with van der Waals surface area (Å²) in [6, 6.07) is 6.01. The summed E-state index contributed by atoms with van der Waals surface area (Å²) >= 11 is 0. The first-order valence-electron chi connectivity index (χ1n) is 6.62. The second-order valence-electron chi connectivity index (χ2n) is 5.24. The van der Waals surface area contributed by atoms with Crippen LogP contribution in [0.5, 0.6) is 5.75 Å². The van der Waals surface area contributed by atoms with Crippen LogP contribution in [-0.2, 0) is 6.42 Å². The number of aromatic hydroxyl groups is 1. The predicted octanol–water partition coefficient (Wildman–Crippen LogP) is 4.00. The van der Waals surface area contributed by atoms with Crippen molar-refractivity contribution in [3.05, 3.63) is 30.0 Å². The first-order valence-corrected chi connectivity index (χ1v) is 6.62. The van der Waals surface area contributed by atoms with E-state index in [0.29, 0.717) is 5.75 Å². The van der Waals surface area contributed by atoms with E-state index in [4.69, 9.17) is 0 Å². The topological polar surface area (TPSA) is 36.0 Å². The minimum absolute atomic E-state index is 0.408. The van der Waals surface area contributed by atoms with Gasteiger partial charge in [-0.1, -0.05) is 25.7 Å². The minimum Gasteiger partial charge on any atom is -0.507 e. The highest BCUT2D eigenvalue weighted by Crippen LogP contribution is 2.30. The van der Waals surface area contributed by atoms with Crippen LogP contribution in [-0.4, -0.2) is 10.1 Å². The Kier molecular flexibility index (Phi) is 2.79. The second kappa shape index (κ2) is 4.44. The van der Waals surface area contributed by atoms with Crippen molar-refractivity contribution in [1.29, 1.82) is 0 Å². The standard InChI is InChI=1S/C15H19NO/c17-15-10-12(6-5-11-3-1-2-4-11)9-14-13(15)7-8-16-14/h7-11,16-17H,1-6H2. The maximum Gasteiger partial charge on any atom is 0.125 e. The van der Waals surface area contributed by atoms with Gasteiger partial charge < -0.3 is 10.1 Å². The van der Waals surface area contributed by atoms with Gasteiger partial charge in [-0.15, -0.1) is 0 Å². The summed E-state index contributed by atoms with van der Waals surface area (Å²) in [6.45, 7) is 0. The number of aryl methyl sites for hydroxylation is 1. The SMILES string of the molecule is Oc1cc(CCC2CCCC2)cc2[nH]ccc12. The van der Waals surface area contributed by atoms with Gasteiger partial charge in [0.05, 0.1) is 0 Å². The van der Waals surface area contributed by atoms with Crippen LogP contribution < -0.4 is 0 Å². The first kappa shape index (κ1) is 10.7. The molecule has 1 heterocycles. The molecule has 0 spiro atoms. The quantitative estimate of drug-likeness (QED) is 0.820. The number of nitrogens with one attached hydrogen (secondary N) is 1. The maximum absolute atomic E-state index is 9.91. The monoisotopic (exact) mass is 229 g/mol. The fourth-order valence-corrected chi connectivity index (χ4v) is 3.02. The van der Waals surface area contributed by atoms with E-state index in [1.165, 1.54) is 37.7 Å². The van der Waals surface area contributed by atoms with Crippen LogP contribution in [0.1, 0.15) is 37.7 Å². The lowest BCUT2D eigenvalue weighted by atomic mass is 9.97. The zero-order valence-corrected chi connectivity index (χ0v) is 10.1. The number of aromatic amines is 1. The Hall–Kier alpha value is -1.44. The molecule has 0 aliphatic heterocycles. The van der Waals surface area contributed by atoms with Gasteiger partial charge >= 0.3 is 0 Å². The smallest absolute Gasteiger partial charge is 0.125 e. The van der Waals surface area contributed by atoms with Crippen molar-refractivity contribution in [2.45, 2.75) is 38.5 Å². The van der Waals surface area contributed by atoms with E-state index in [2.05, 4.69) is 11.1 Å². The Labute approximate surface area is 102 Å². The van der Waals surface area contributed by atoms with Crippen molar-refractivity contribution >= 4 is 10.9 Å². The maximum atomic E-state index is 9.91.